The summed E-state index contributed by atoms with van der Waals surface area (Å²) >= 11 is 6.88. The molecule has 2 N–H and O–H groups in total. The van der Waals surface area contributed by atoms with Gasteiger partial charge in [0.1, 0.15) is 5.82 Å². The summed E-state index contributed by atoms with van der Waals surface area (Å²) < 4.78 is 2.00. The first-order valence-corrected chi connectivity index (χ1v) is 7.10. The van der Waals surface area contributed by atoms with E-state index in [1.165, 1.54) is 19.4 Å². The molecule has 0 aliphatic carbocycles. The van der Waals surface area contributed by atoms with Crippen molar-refractivity contribution in [2.75, 3.05) is 25.0 Å². The fourth-order valence-corrected chi connectivity index (χ4v) is 3.03. The largest absolute Gasteiger partial charge is 0.369 e. The summed E-state index contributed by atoms with van der Waals surface area (Å²) in [5.41, 5.74) is 0. The van der Waals surface area contributed by atoms with Crippen LogP contribution in [0.25, 0.3) is 0 Å². The Kier molecular flexibility index (Phi) is 4.61. The molecule has 0 saturated carbocycles. The van der Waals surface area contributed by atoms with Gasteiger partial charge in [-0.25, -0.2) is 4.98 Å². The highest BCUT2D eigenvalue weighted by Gasteiger charge is 2.13. The van der Waals surface area contributed by atoms with Crippen LogP contribution >= 0.6 is 31.9 Å². The highest BCUT2D eigenvalue weighted by Crippen LogP contribution is 2.23. The van der Waals surface area contributed by atoms with Crippen LogP contribution in [0, 0.1) is 5.92 Å². The maximum absolute atomic E-state index is 4.32. The number of nitrogens with zero attached hydrogens (tertiary/aromatic N) is 1. The molecule has 1 aromatic rings. The molecule has 0 spiro atoms. The Balaban J connectivity index is 1.80. The Morgan fingerprint density at radius 3 is 3.06 bits per heavy atom. The van der Waals surface area contributed by atoms with Gasteiger partial charge in [-0.2, -0.15) is 0 Å². The lowest BCUT2D eigenvalue weighted by Gasteiger charge is -2.10. The van der Waals surface area contributed by atoms with E-state index >= 15 is 0 Å². The van der Waals surface area contributed by atoms with Crippen LogP contribution in [0.15, 0.2) is 21.2 Å². The van der Waals surface area contributed by atoms with Crippen LogP contribution in [-0.2, 0) is 0 Å². The van der Waals surface area contributed by atoms with Crippen LogP contribution in [0.1, 0.15) is 12.8 Å². The summed E-state index contributed by atoms with van der Waals surface area (Å²) in [6, 6.07) is 2.01. The van der Waals surface area contributed by atoms with E-state index in [2.05, 4.69) is 47.5 Å². The Bertz CT molecular complexity index is 351. The van der Waals surface area contributed by atoms with E-state index in [-0.39, 0.29) is 0 Å². The summed E-state index contributed by atoms with van der Waals surface area (Å²) in [6.45, 7) is 3.32. The van der Waals surface area contributed by atoms with Crippen molar-refractivity contribution in [2.45, 2.75) is 12.8 Å². The number of pyridine rings is 1. The van der Waals surface area contributed by atoms with Gasteiger partial charge in [0.25, 0.3) is 0 Å². The summed E-state index contributed by atoms with van der Waals surface area (Å²) in [5, 5.41) is 6.74. The molecule has 16 heavy (non-hydrogen) atoms. The molecule has 0 bridgehead atoms. The van der Waals surface area contributed by atoms with Crippen molar-refractivity contribution in [3.05, 3.63) is 21.2 Å². The molecule has 1 fully saturated rings. The van der Waals surface area contributed by atoms with Gasteiger partial charge in [-0.3, -0.25) is 0 Å². The first-order valence-electron chi connectivity index (χ1n) is 5.51. The van der Waals surface area contributed by atoms with E-state index in [1.54, 1.807) is 0 Å². The summed E-state index contributed by atoms with van der Waals surface area (Å²) in [6.07, 6.45) is 4.32. The topological polar surface area (TPSA) is 37.0 Å². The molecule has 0 aromatic carbocycles. The van der Waals surface area contributed by atoms with Gasteiger partial charge >= 0.3 is 0 Å². The quantitative estimate of drug-likeness (QED) is 0.878. The maximum atomic E-state index is 4.32. The van der Waals surface area contributed by atoms with Gasteiger partial charge in [0, 0.05) is 17.2 Å². The summed E-state index contributed by atoms with van der Waals surface area (Å²) in [4.78, 5) is 4.32. The standard InChI is InChI=1S/C11H15Br2N3/c12-9-5-10(13)11(16-7-9)15-4-2-8-1-3-14-6-8/h5,7-8,14H,1-4,6H2,(H,15,16). The van der Waals surface area contributed by atoms with Crippen LogP contribution in [-0.4, -0.2) is 24.6 Å². The van der Waals surface area contributed by atoms with Gasteiger partial charge in [0.05, 0.1) is 4.47 Å². The molecule has 2 heterocycles. The predicted molar refractivity (Wildman–Crippen MR) is 73.7 cm³/mol. The molecule has 1 aliphatic heterocycles. The van der Waals surface area contributed by atoms with Gasteiger partial charge < -0.3 is 10.6 Å². The SMILES string of the molecule is Brc1cnc(NCCC2CCNC2)c(Br)c1. The third-order valence-corrected chi connectivity index (χ3v) is 3.85. The first-order chi connectivity index (χ1) is 7.75. The molecule has 0 amide bonds. The van der Waals surface area contributed by atoms with Crippen LogP contribution in [0.2, 0.25) is 0 Å². The second-order valence-corrected chi connectivity index (χ2v) is 5.83. The number of aromatic nitrogens is 1. The molecule has 1 aromatic heterocycles. The molecule has 0 radical (unpaired) electrons. The third-order valence-electron chi connectivity index (χ3n) is 2.82. The van der Waals surface area contributed by atoms with Crippen molar-refractivity contribution in [3.63, 3.8) is 0 Å². The minimum atomic E-state index is 0.821. The van der Waals surface area contributed by atoms with Gasteiger partial charge in [-0.15, -0.1) is 0 Å². The van der Waals surface area contributed by atoms with Crippen molar-refractivity contribution in [1.29, 1.82) is 0 Å². The zero-order valence-electron chi connectivity index (χ0n) is 8.97. The van der Waals surface area contributed by atoms with E-state index in [0.717, 1.165) is 33.8 Å². The number of anilines is 1. The average molecular weight is 349 g/mol. The van der Waals surface area contributed by atoms with Gasteiger partial charge in [-0.1, -0.05) is 0 Å². The number of halogens is 2. The van der Waals surface area contributed by atoms with Gasteiger partial charge in [0.2, 0.25) is 0 Å². The monoisotopic (exact) mass is 347 g/mol. The minimum Gasteiger partial charge on any atom is -0.369 e. The fourth-order valence-electron chi connectivity index (χ4n) is 1.90. The first kappa shape index (κ1) is 12.3. The molecular weight excluding hydrogens is 334 g/mol. The molecule has 1 aliphatic rings. The van der Waals surface area contributed by atoms with Crippen LogP contribution in [0.4, 0.5) is 5.82 Å². The smallest absolute Gasteiger partial charge is 0.140 e. The second kappa shape index (κ2) is 5.98. The van der Waals surface area contributed by atoms with E-state index < -0.39 is 0 Å². The lowest BCUT2D eigenvalue weighted by molar-refractivity contribution is 0.549. The predicted octanol–water partition coefficient (Wildman–Crippen LogP) is 3.02. The Morgan fingerprint density at radius 1 is 1.50 bits per heavy atom. The molecule has 88 valence electrons. The van der Waals surface area contributed by atoms with E-state index in [0.29, 0.717) is 0 Å². The van der Waals surface area contributed by atoms with E-state index in [1.807, 2.05) is 12.3 Å². The van der Waals surface area contributed by atoms with Crippen LogP contribution < -0.4 is 10.6 Å². The van der Waals surface area contributed by atoms with Gasteiger partial charge in [0.15, 0.2) is 0 Å². The molecule has 3 nitrogen and oxygen atoms in total. The Morgan fingerprint density at radius 2 is 2.38 bits per heavy atom. The molecule has 1 unspecified atom stereocenters. The molecule has 5 heteroatoms. The number of hydrogen-bond acceptors (Lipinski definition) is 3. The Labute approximate surface area is 113 Å². The van der Waals surface area contributed by atoms with Crippen LogP contribution in [0.3, 0.4) is 0 Å². The minimum absolute atomic E-state index is 0.821. The lowest BCUT2D eigenvalue weighted by atomic mass is 10.1. The van der Waals surface area contributed by atoms with E-state index in [4.69, 9.17) is 0 Å². The highest BCUT2D eigenvalue weighted by atomic mass is 79.9. The van der Waals surface area contributed by atoms with Crippen molar-refractivity contribution >= 4 is 37.7 Å². The number of rotatable bonds is 4. The van der Waals surface area contributed by atoms with Crippen molar-refractivity contribution < 1.29 is 0 Å². The Hall–Kier alpha value is -0.130. The third kappa shape index (κ3) is 3.43. The van der Waals surface area contributed by atoms with Crippen molar-refractivity contribution in [3.8, 4) is 0 Å². The molecule has 1 atom stereocenters. The second-order valence-electron chi connectivity index (χ2n) is 4.06. The molecule has 2 rings (SSSR count). The number of nitrogens with one attached hydrogen (secondary N) is 2. The highest BCUT2D eigenvalue weighted by molar-refractivity contribution is 9.11. The normalized spacial score (nSPS) is 20.0. The molecule has 1 saturated heterocycles. The number of hydrogen-bond donors (Lipinski definition) is 2. The zero-order chi connectivity index (χ0) is 11.4. The average Bonchev–Trinajstić information content (AvgIpc) is 2.74. The fraction of sp³-hybridized carbons (Fsp3) is 0.545. The van der Waals surface area contributed by atoms with Gasteiger partial charge in [-0.05, 0) is 69.8 Å². The van der Waals surface area contributed by atoms with Crippen LogP contribution in [0.5, 0.6) is 0 Å². The molecular formula is C11H15Br2N3. The lowest BCUT2D eigenvalue weighted by Crippen LogP contribution is -2.13. The summed E-state index contributed by atoms with van der Waals surface area (Å²) in [7, 11) is 0. The maximum Gasteiger partial charge on any atom is 0.140 e. The van der Waals surface area contributed by atoms with Crippen molar-refractivity contribution in [2.24, 2.45) is 5.92 Å². The summed E-state index contributed by atoms with van der Waals surface area (Å²) in [5.74, 6) is 1.75. The van der Waals surface area contributed by atoms with E-state index in [9.17, 15) is 0 Å². The zero-order valence-corrected chi connectivity index (χ0v) is 12.1. The van der Waals surface area contributed by atoms with Crippen molar-refractivity contribution in [1.82, 2.24) is 10.3 Å².